The molecule has 8 aromatic rings. The van der Waals surface area contributed by atoms with Crippen LogP contribution in [0, 0.1) is 37.1 Å². The summed E-state index contributed by atoms with van der Waals surface area (Å²) >= 11 is 6.91. The first-order chi connectivity index (χ1) is 33.4. The number of hydrogen-bond acceptors (Lipinski definition) is 7. The zero-order valence-corrected chi connectivity index (χ0v) is 40.1. The molecule has 0 radical (unpaired) electrons. The van der Waals surface area contributed by atoms with Crippen molar-refractivity contribution in [2.45, 2.75) is 33.7 Å². The van der Waals surface area contributed by atoms with Crippen molar-refractivity contribution in [1.29, 1.82) is 0 Å². The third-order valence-electron chi connectivity index (χ3n) is 10.7. The highest BCUT2D eigenvalue weighted by molar-refractivity contribution is 9.10. The number of halogens is 8. The van der Waals surface area contributed by atoms with E-state index in [1.807, 2.05) is 29.7 Å². The van der Waals surface area contributed by atoms with Crippen LogP contribution in [0.1, 0.15) is 43.2 Å². The number of phenolic OH excluding ortho intramolecular Hbond substituents is 1. The average Bonchev–Trinajstić information content (AvgIpc) is 3.90. The van der Waals surface area contributed by atoms with Crippen LogP contribution in [0.5, 0.6) is 23.0 Å². The van der Waals surface area contributed by atoms with Crippen molar-refractivity contribution in [1.82, 2.24) is 9.13 Å². The third kappa shape index (κ3) is 11.5. The molecule has 0 bridgehead atoms. The largest absolute Gasteiger partial charge is 0.507 e. The molecular weight excluding hydrogens is 1050 g/mol. The minimum Gasteiger partial charge on any atom is -0.507 e. The molecule has 10 nitrogen and oxygen atoms in total. The van der Waals surface area contributed by atoms with Crippen molar-refractivity contribution in [3.63, 3.8) is 0 Å². The predicted octanol–water partition coefficient (Wildman–Crippen LogP) is 13.9. The molecule has 0 atom stereocenters. The van der Waals surface area contributed by atoms with E-state index in [1.54, 1.807) is 66.1 Å². The van der Waals surface area contributed by atoms with E-state index in [1.165, 1.54) is 49.6 Å². The number of aromatic hydroxyl groups is 1. The average molecular weight is 1090 g/mol. The second kappa shape index (κ2) is 21.9. The number of carbonyl (C=O) groups excluding carboxylic acids is 1. The summed E-state index contributed by atoms with van der Waals surface area (Å²) < 4.78 is 106. The number of aryl methyl sites for hydroxylation is 2. The van der Waals surface area contributed by atoms with E-state index in [0.717, 1.165) is 44.2 Å². The number of alkyl halides is 2. The maximum absolute atomic E-state index is 14.1. The number of aromatic nitrogens is 2. The van der Waals surface area contributed by atoms with Gasteiger partial charge < -0.3 is 38.3 Å². The monoisotopic (exact) mass is 1090 g/mol. The summed E-state index contributed by atoms with van der Waals surface area (Å²) in [5.74, 6) is -4.62. The van der Waals surface area contributed by atoms with Gasteiger partial charge in [0.2, 0.25) is 0 Å². The fourth-order valence-corrected chi connectivity index (χ4v) is 8.11. The zero-order chi connectivity index (χ0) is 50.4. The molecule has 0 amide bonds. The van der Waals surface area contributed by atoms with Crippen LogP contribution in [-0.2, 0) is 18.0 Å². The van der Waals surface area contributed by atoms with E-state index in [2.05, 4.69) is 36.6 Å². The highest BCUT2D eigenvalue weighted by atomic mass is 79.9. The lowest BCUT2D eigenvalue weighted by atomic mass is 10.1. The summed E-state index contributed by atoms with van der Waals surface area (Å²) in [6, 6.07) is 33.1. The molecule has 2 heterocycles. The topological polar surface area (TPSA) is 121 Å². The number of carbonyl (C=O) groups is 2. The number of hydrogen-bond donors (Lipinski definition) is 2. The predicted molar refractivity (Wildman–Crippen MR) is 255 cm³/mol. The lowest BCUT2D eigenvalue weighted by Gasteiger charge is -2.17. The molecule has 0 saturated heterocycles. The molecule has 2 N–H and O–H groups in total. The van der Waals surface area contributed by atoms with Crippen LogP contribution in [0.25, 0.3) is 33.9 Å². The Morgan fingerprint density at radius 1 is 0.586 bits per heavy atom. The Labute approximate surface area is 413 Å². The number of benzene rings is 6. The van der Waals surface area contributed by atoms with Crippen LogP contribution in [0.2, 0.25) is 0 Å². The Kier molecular flexibility index (Phi) is 15.8. The van der Waals surface area contributed by atoms with Crippen molar-refractivity contribution < 1.29 is 65.1 Å². The molecule has 0 unspecified atom stereocenters. The zero-order valence-electron chi connectivity index (χ0n) is 37.0. The lowest BCUT2D eigenvalue weighted by molar-refractivity contribution is -0.0503. The van der Waals surface area contributed by atoms with Gasteiger partial charge in [0.15, 0.2) is 0 Å². The van der Waals surface area contributed by atoms with Gasteiger partial charge in [-0.15, -0.1) is 0 Å². The van der Waals surface area contributed by atoms with Gasteiger partial charge in [-0.1, -0.05) is 31.9 Å². The van der Waals surface area contributed by atoms with Gasteiger partial charge in [-0.3, -0.25) is 0 Å². The molecule has 0 aliphatic heterocycles. The van der Waals surface area contributed by atoms with Crippen LogP contribution in [-0.4, -0.2) is 45.0 Å². The fraction of sp³-hybridized carbons (Fsp3) is 0.115. The van der Waals surface area contributed by atoms with Gasteiger partial charge in [0.1, 0.15) is 70.6 Å². The van der Waals surface area contributed by atoms with Crippen LogP contribution in [0.3, 0.4) is 0 Å². The van der Waals surface area contributed by atoms with Gasteiger partial charge >= 0.3 is 18.6 Å². The number of aromatic carboxylic acids is 1. The smallest absolute Gasteiger partial charge is 0.387 e. The van der Waals surface area contributed by atoms with Crippen LogP contribution < -0.4 is 14.2 Å². The Morgan fingerprint density at radius 2 is 1.04 bits per heavy atom. The summed E-state index contributed by atoms with van der Waals surface area (Å²) in [7, 11) is 1.25. The van der Waals surface area contributed by atoms with E-state index in [-0.39, 0.29) is 35.7 Å². The van der Waals surface area contributed by atoms with Gasteiger partial charge in [-0.2, -0.15) is 8.78 Å². The highest BCUT2D eigenvalue weighted by Crippen LogP contribution is 2.39. The Bertz CT molecular complexity index is 3250. The first-order valence-corrected chi connectivity index (χ1v) is 22.3. The Morgan fingerprint density at radius 3 is 1.49 bits per heavy atom. The Balaban J connectivity index is 0.000000207. The quantitative estimate of drug-likeness (QED) is 0.0816. The second-order valence-electron chi connectivity index (χ2n) is 15.3. The molecule has 18 heteroatoms. The molecule has 6 aromatic carbocycles. The molecule has 2 aromatic heterocycles. The molecule has 360 valence electrons. The molecule has 0 aliphatic carbocycles. The number of methoxy groups -OCH3 is 1. The van der Waals surface area contributed by atoms with E-state index < -0.39 is 53.1 Å². The maximum Gasteiger partial charge on any atom is 0.387 e. The summed E-state index contributed by atoms with van der Waals surface area (Å²) in [4.78, 5) is 23.8. The maximum atomic E-state index is 14.1. The summed E-state index contributed by atoms with van der Waals surface area (Å²) in [5.41, 5.74) is 5.25. The van der Waals surface area contributed by atoms with Crippen LogP contribution in [0.4, 0.5) is 26.3 Å². The van der Waals surface area contributed by atoms with Gasteiger partial charge in [0, 0.05) is 66.1 Å². The highest BCUT2D eigenvalue weighted by Gasteiger charge is 2.22. The normalized spacial score (nSPS) is 11.0. The number of carboxylic acids is 1. The Hall–Kier alpha value is -7.44. The minimum absolute atomic E-state index is 0.0385. The molecule has 8 rings (SSSR count). The molecule has 70 heavy (non-hydrogen) atoms. The fourth-order valence-electron chi connectivity index (χ4n) is 7.39. The number of phenols is 1. The first kappa shape index (κ1) is 50.4. The molecule has 0 spiro atoms. The van der Waals surface area contributed by atoms with Crippen molar-refractivity contribution in [2.75, 3.05) is 7.11 Å². The first-order valence-electron chi connectivity index (χ1n) is 20.8. The van der Waals surface area contributed by atoms with E-state index in [4.69, 9.17) is 14.2 Å². The van der Waals surface area contributed by atoms with Gasteiger partial charge in [0.05, 0.1) is 18.5 Å². The molecule has 0 aliphatic rings. The van der Waals surface area contributed by atoms with Crippen molar-refractivity contribution >= 4 is 43.8 Å². The lowest BCUT2D eigenvalue weighted by Crippen LogP contribution is -2.09. The third-order valence-corrected chi connectivity index (χ3v) is 11.7. The van der Waals surface area contributed by atoms with E-state index in [9.17, 15) is 46.1 Å². The van der Waals surface area contributed by atoms with E-state index >= 15 is 0 Å². The summed E-state index contributed by atoms with van der Waals surface area (Å²) in [6.45, 7) is 0.265. The van der Waals surface area contributed by atoms with Gasteiger partial charge in [-0.05, 0) is 135 Å². The van der Waals surface area contributed by atoms with E-state index in [0.29, 0.717) is 39.7 Å². The molecule has 0 saturated carbocycles. The number of esters is 1. The molecule has 0 fully saturated rings. The summed E-state index contributed by atoms with van der Waals surface area (Å²) in [5, 5.41) is 19.6. The summed E-state index contributed by atoms with van der Waals surface area (Å²) in [6.07, 6.45) is 0. The number of ether oxygens (including phenoxy) is 4. The van der Waals surface area contributed by atoms with Gasteiger partial charge in [0.25, 0.3) is 0 Å². The minimum atomic E-state index is -3.18. The van der Waals surface area contributed by atoms with Crippen LogP contribution >= 0.6 is 31.9 Å². The number of rotatable bonds is 14. The standard InChI is InChI=1S/C26H18BrF4NO4.C26H20BrF2NO4/c1-14-2-7-22(32(14)18-6-9-24(36-26(30)31)20(12-18)25(33)34)19-10-16(27)4-8-23(19)35-13-15-3-5-17(28)11-21(15)29;1-15-3-8-23(30(15)19-7-9-24(31)21(13-19)26(32)33-2)20-11-17(27)5-10-25(20)34-14-16-4-6-18(28)12-22(16)29/h2-12,26H,13H2,1H3,(H,33,34);3-13,31H,14H2,1-2H3. The number of carboxylic acid groups (broad SMARTS) is 1. The van der Waals surface area contributed by atoms with Crippen molar-refractivity contribution in [3.05, 3.63) is 199 Å². The van der Waals surface area contributed by atoms with Crippen molar-refractivity contribution in [3.8, 4) is 56.9 Å². The SMILES string of the molecule is COC(=O)c1cc(-n2c(C)ccc2-c2cc(Br)ccc2OCc2ccc(F)cc2F)ccc1O.Cc1ccc(-c2cc(Br)ccc2OCc2ccc(F)cc2F)n1-c1ccc(OC(F)F)c(C(=O)O)c1. The molecular formula is C52H38Br2F6N2O8. The number of nitrogens with zero attached hydrogens (tertiary/aromatic N) is 2. The van der Waals surface area contributed by atoms with Crippen molar-refractivity contribution in [2.24, 2.45) is 0 Å². The van der Waals surface area contributed by atoms with Gasteiger partial charge in [-0.25, -0.2) is 27.2 Å². The van der Waals surface area contributed by atoms with Crippen LogP contribution in [0.15, 0.2) is 142 Å². The second-order valence-corrected chi connectivity index (χ2v) is 17.1.